The fourth-order valence-corrected chi connectivity index (χ4v) is 2.24. The van der Waals surface area contributed by atoms with Crippen LogP contribution in [0.2, 0.25) is 0 Å². The maximum atomic E-state index is 11.4. The molecular weight excluding hydrogens is 208 g/mol. The summed E-state index contributed by atoms with van der Waals surface area (Å²) in [5.74, 6) is 1.05. The van der Waals surface area contributed by atoms with E-state index in [0.717, 1.165) is 6.42 Å². The Bertz CT molecular complexity index is 348. The zero-order valence-electron chi connectivity index (χ0n) is 10.4. The molecule has 0 aliphatic carbocycles. The lowest BCUT2D eigenvalue weighted by molar-refractivity contribution is 0.424. The highest BCUT2D eigenvalue weighted by Crippen LogP contribution is 2.20. The third kappa shape index (κ3) is 5.17. The van der Waals surface area contributed by atoms with Crippen molar-refractivity contribution in [1.29, 1.82) is 0 Å². The van der Waals surface area contributed by atoms with Gasteiger partial charge in [-0.2, -0.15) is 0 Å². The van der Waals surface area contributed by atoms with E-state index in [0.29, 0.717) is 22.3 Å². The predicted octanol–water partition coefficient (Wildman–Crippen LogP) is 3.17. The Morgan fingerprint density at radius 2 is 1.80 bits per heavy atom. The monoisotopic (exact) mass is 230 g/mol. The Morgan fingerprint density at radius 3 is 2.07 bits per heavy atom. The van der Waals surface area contributed by atoms with Gasteiger partial charge in [-0.1, -0.05) is 33.4 Å². The highest BCUT2D eigenvalue weighted by atomic mass is 32.2. The average Bonchev–Trinajstić information content (AvgIpc) is 2.00. The molecule has 0 radical (unpaired) electrons. The molecule has 3 heteroatoms. The Labute approximate surface area is 94.0 Å². The van der Waals surface area contributed by atoms with Crippen LogP contribution in [0.15, 0.2) is 23.1 Å². The Morgan fingerprint density at radius 1 is 1.33 bits per heavy atom. The van der Waals surface area contributed by atoms with E-state index in [1.165, 1.54) is 6.26 Å². The van der Waals surface area contributed by atoms with Crippen LogP contribution < -0.4 is 0 Å². The minimum atomic E-state index is -3.12. The molecule has 0 aromatic carbocycles. The van der Waals surface area contributed by atoms with Crippen LogP contribution in [0.3, 0.4) is 0 Å². The lowest BCUT2D eigenvalue weighted by Gasteiger charge is -2.13. The first-order valence-electron chi connectivity index (χ1n) is 5.22. The molecule has 0 fully saturated rings. The van der Waals surface area contributed by atoms with Crippen LogP contribution in [-0.4, -0.2) is 14.7 Å². The quantitative estimate of drug-likeness (QED) is 0.680. The summed E-state index contributed by atoms with van der Waals surface area (Å²) in [5.41, 5.74) is 0.619. The standard InChI is InChI=1S/C12H22O2S/c1-9(2)11(5)7-8-12(10(3)4)15(6,13)14/h8-9,11H,3,7H2,1-2,4-6H3. The van der Waals surface area contributed by atoms with Crippen LogP contribution in [0.4, 0.5) is 0 Å². The highest BCUT2D eigenvalue weighted by molar-refractivity contribution is 7.94. The largest absolute Gasteiger partial charge is 0.224 e. The van der Waals surface area contributed by atoms with Gasteiger partial charge in [-0.05, 0) is 30.8 Å². The summed E-state index contributed by atoms with van der Waals surface area (Å²) in [6.07, 6.45) is 3.81. The summed E-state index contributed by atoms with van der Waals surface area (Å²) < 4.78 is 22.9. The smallest absolute Gasteiger partial charge is 0.175 e. The summed E-state index contributed by atoms with van der Waals surface area (Å²) in [6.45, 7) is 11.8. The SMILES string of the molecule is C=C(C)C(=CCC(C)C(C)C)S(C)(=O)=O. The normalized spacial score (nSPS) is 15.5. The molecule has 0 amide bonds. The van der Waals surface area contributed by atoms with E-state index in [-0.39, 0.29) is 0 Å². The lowest BCUT2D eigenvalue weighted by atomic mass is 9.94. The molecule has 15 heavy (non-hydrogen) atoms. The molecule has 0 spiro atoms. The van der Waals surface area contributed by atoms with Crippen molar-refractivity contribution in [2.75, 3.05) is 6.26 Å². The van der Waals surface area contributed by atoms with E-state index in [4.69, 9.17) is 0 Å². The minimum absolute atomic E-state index is 0.384. The molecule has 88 valence electrons. The van der Waals surface area contributed by atoms with Gasteiger partial charge in [0.25, 0.3) is 0 Å². The van der Waals surface area contributed by atoms with Gasteiger partial charge in [0.1, 0.15) is 0 Å². The molecule has 0 N–H and O–H groups in total. The fraction of sp³-hybridized carbons (Fsp3) is 0.667. The summed E-state index contributed by atoms with van der Waals surface area (Å²) in [5, 5.41) is 0. The molecule has 0 bridgehead atoms. The number of hydrogen-bond acceptors (Lipinski definition) is 2. The van der Waals surface area contributed by atoms with Crippen molar-refractivity contribution in [3.8, 4) is 0 Å². The van der Waals surface area contributed by atoms with Gasteiger partial charge in [0.2, 0.25) is 0 Å². The fourth-order valence-electron chi connectivity index (χ4n) is 1.21. The van der Waals surface area contributed by atoms with E-state index in [1.54, 1.807) is 13.0 Å². The molecule has 0 aliphatic rings. The van der Waals surface area contributed by atoms with Gasteiger partial charge in [0.05, 0.1) is 4.91 Å². The molecule has 0 rings (SSSR count). The molecule has 0 aromatic rings. The number of rotatable bonds is 5. The van der Waals surface area contributed by atoms with Gasteiger partial charge in [-0.3, -0.25) is 0 Å². The Kier molecular flexibility index (Phi) is 5.29. The van der Waals surface area contributed by atoms with Gasteiger partial charge < -0.3 is 0 Å². The number of allylic oxidation sites excluding steroid dienone is 2. The van der Waals surface area contributed by atoms with Crippen LogP contribution in [0.25, 0.3) is 0 Å². The van der Waals surface area contributed by atoms with E-state index in [2.05, 4.69) is 27.4 Å². The molecule has 0 heterocycles. The van der Waals surface area contributed by atoms with Crippen LogP contribution in [0, 0.1) is 11.8 Å². The van der Waals surface area contributed by atoms with Crippen LogP contribution in [0.5, 0.6) is 0 Å². The van der Waals surface area contributed by atoms with Crippen molar-refractivity contribution >= 4 is 9.84 Å². The average molecular weight is 230 g/mol. The third-order valence-electron chi connectivity index (χ3n) is 2.63. The first kappa shape index (κ1) is 14.4. The second kappa shape index (κ2) is 5.50. The van der Waals surface area contributed by atoms with Crippen molar-refractivity contribution < 1.29 is 8.42 Å². The van der Waals surface area contributed by atoms with E-state index in [9.17, 15) is 8.42 Å². The molecule has 1 unspecified atom stereocenters. The second-order valence-electron chi connectivity index (χ2n) is 4.58. The zero-order valence-corrected chi connectivity index (χ0v) is 11.2. The summed E-state index contributed by atoms with van der Waals surface area (Å²) in [7, 11) is -3.12. The minimum Gasteiger partial charge on any atom is -0.224 e. The van der Waals surface area contributed by atoms with Gasteiger partial charge in [-0.15, -0.1) is 0 Å². The number of hydrogen-bond donors (Lipinski definition) is 0. The first-order chi connectivity index (χ1) is 6.66. The topological polar surface area (TPSA) is 34.1 Å². The highest BCUT2D eigenvalue weighted by Gasteiger charge is 2.13. The Hall–Kier alpha value is -0.570. The van der Waals surface area contributed by atoms with Crippen molar-refractivity contribution in [3.63, 3.8) is 0 Å². The van der Waals surface area contributed by atoms with Crippen molar-refractivity contribution in [2.45, 2.75) is 34.1 Å². The van der Waals surface area contributed by atoms with Gasteiger partial charge >= 0.3 is 0 Å². The molecule has 2 nitrogen and oxygen atoms in total. The third-order valence-corrected chi connectivity index (χ3v) is 3.95. The van der Waals surface area contributed by atoms with Crippen LogP contribution in [-0.2, 0) is 9.84 Å². The Balaban J connectivity index is 4.82. The molecule has 0 saturated heterocycles. The van der Waals surface area contributed by atoms with Crippen molar-refractivity contribution in [2.24, 2.45) is 11.8 Å². The molecule has 0 saturated carbocycles. The van der Waals surface area contributed by atoms with Crippen molar-refractivity contribution in [3.05, 3.63) is 23.1 Å². The molecule has 1 atom stereocenters. The second-order valence-corrected chi connectivity index (χ2v) is 6.56. The maximum Gasteiger partial charge on any atom is 0.175 e. The summed E-state index contributed by atoms with van der Waals surface area (Å²) in [4.78, 5) is 0.384. The first-order valence-corrected chi connectivity index (χ1v) is 7.11. The van der Waals surface area contributed by atoms with Crippen LogP contribution >= 0.6 is 0 Å². The predicted molar refractivity (Wildman–Crippen MR) is 66.4 cm³/mol. The van der Waals surface area contributed by atoms with Crippen LogP contribution in [0.1, 0.15) is 34.1 Å². The molecule has 0 aliphatic heterocycles. The van der Waals surface area contributed by atoms with Crippen molar-refractivity contribution in [1.82, 2.24) is 0 Å². The summed E-state index contributed by atoms with van der Waals surface area (Å²) in [6, 6.07) is 0. The number of sulfone groups is 1. The van der Waals surface area contributed by atoms with E-state index in [1.807, 2.05) is 0 Å². The summed E-state index contributed by atoms with van der Waals surface area (Å²) >= 11 is 0. The van der Waals surface area contributed by atoms with Gasteiger partial charge in [0.15, 0.2) is 9.84 Å². The van der Waals surface area contributed by atoms with E-state index < -0.39 is 9.84 Å². The molecular formula is C12H22O2S. The molecule has 0 aromatic heterocycles. The lowest BCUT2D eigenvalue weighted by Crippen LogP contribution is -2.06. The zero-order chi connectivity index (χ0) is 12.2. The van der Waals surface area contributed by atoms with Gasteiger partial charge in [0, 0.05) is 6.26 Å². The maximum absolute atomic E-state index is 11.4. The van der Waals surface area contributed by atoms with E-state index >= 15 is 0 Å². The van der Waals surface area contributed by atoms with Gasteiger partial charge in [-0.25, -0.2) is 8.42 Å².